The average molecular weight is 371 g/mol. The molecule has 1 unspecified atom stereocenters. The Morgan fingerprint density at radius 2 is 1.82 bits per heavy atom. The van der Waals surface area contributed by atoms with Crippen molar-refractivity contribution in [3.05, 3.63) is 88.8 Å². The SMILES string of the molecule is O=c1ccc2ccc(OCC3CC(c4cccc5ccccc45)=NO3)cc2o1. The molecular weight excluding hydrogens is 354 g/mol. The minimum atomic E-state index is -0.378. The van der Waals surface area contributed by atoms with E-state index in [2.05, 4.69) is 29.4 Å². The molecule has 4 aromatic rings. The van der Waals surface area contributed by atoms with E-state index in [9.17, 15) is 4.79 Å². The number of nitrogens with zero attached hydrogens (tertiary/aromatic N) is 1. The van der Waals surface area contributed by atoms with E-state index < -0.39 is 0 Å². The second-order valence-corrected chi connectivity index (χ2v) is 6.76. The van der Waals surface area contributed by atoms with Crippen LogP contribution in [0, 0.1) is 0 Å². The summed E-state index contributed by atoms with van der Waals surface area (Å²) in [6, 6.07) is 23.0. The van der Waals surface area contributed by atoms with Gasteiger partial charge >= 0.3 is 5.63 Å². The Kier molecular flexibility index (Phi) is 4.05. The molecule has 138 valence electrons. The number of oxime groups is 1. The van der Waals surface area contributed by atoms with Crippen molar-refractivity contribution in [1.29, 1.82) is 0 Å². The number of rotatable bonds is 4. The summed E-state index contributed by atoms with van der Waals surface area (Å²) >= 11 is 0. The van der Waals surface area contributed by atoms with Gasteiger partial charge in [-0.25, -0.2) is 4.79 Å². The summed E-state index contributed by atoms with van der Waals surface area (Å²) in [5, 5.41) is 7.49. The Labute approximate surface area is 160 Å². The number of ether oxygens (including phenoxy) is 1. The largest absolute Gasteiger partial charge is 0.489 e. The fourth-order valence-corrected chi connectivity index (χ4v) is 3.47. The molecule has 1 atom stereocenters. The molecule has 1 aliphatic rings. The first-order valence-corrected chi connectivity index (χ1v) is 9.14. The summed E-state index contributed by atoms with van der Waals surface area (Å²) in [5.41, 5.74) is 2.14. The lowest BCUT2D eigenvalue weighted by Gasteiger charge is -2.11. The molecule has 1 aromatic heterocycles. The van der Waals surface area contributed by atoms with Gasteiger partial charge in [0.1, 0.15) is 17.9 Å². The lowest BCUT2D eigenvalue weighted by molar-refractivity contribution is 0.0471. The maximum atomic E-state index is 11.4. The Morgan fingerprint density at radius 3 is 2.79 bits per heavy atom. The van der Waals surface area contributed by atoms with Crippen molar-refractivity contribution in [1.82, 2.24) is 0 Å². The highest BCUT2D eigenvalue weighted by molar-refractivity contribution is 6.11. The molecule has 0 spiro atoms. The normalized spacial score (nSPS) is 16.1. The summed E-state index contributed by atoms with van der Waals surface area (Å²) in [6.45, 7) is 0.361. The molecule has 2 heterocycles. The van der Waals surface area contributed by atoms with Crippen LogP contribution in [0.5, 0.6) is 5.75 Å². The molecule has 0 saturated carbocycles. The van der Waals surface area contributed by atoms with Crippen LogP contribution in [0.2, 0.25) is 0 Å². The van der Waals surface area contributed by atoms with E-state index in [4.69, 9.17) is 14.0 Å². The van der Waals surface area contributed by atoms with Crippen molar-refractivity contribution in [3.8, 4) is 5.75 Å². The first kappa shape index (κ1) is 16.6. The molecular formula is C23H17NO4. The summed E-state index contributed by atoms with van der Waals surface area (Å²) in [7, 11) is 0. The van der Waals surface area contributed by atoms with Gasteiger partial charge in [-0.1, -0.05) is 47.6 Å². The molecule has 0 amide bonds. The van der Waals surface area contributed by atoms with Crippen LogP contribution in [0.25, 0.3) is 21.7 Å². The molecule has 0 aliphatic carbocycles. The second kappa shape index (κ2) is 6.85. The predicted molar refractivity (Wildman–Crippen MR) is 108 cm³/mol. The summed E-state index contributed by atoms with van der Waals surface area (Å²) in [4.78, 5) is 17.0. The van der Waals surface area contributed by atoms with Gasteiger partial charge in [-0.2, -0.15) is 0 Å². The number of hydrogen-bond donors (Lipinski definition) is 0. The van der Waals surface area contributed by atoms with E-state index in [-0.39, 0.29) is 11.7 Å². The molecule has 5 nitrogen and oxygen atoms in total. The molecule has 5 rings (SSSR count). The molecule has 5 heteroatoms. The van der Waals surface area contributed by atoms with Crippen molar-refractivity contribution in [2.24, 2.45) is 5.16 Å². The maximum absolute atomic E-state index is 11.4. The van der Waals surface area contributed by atoms with Crippen LogP contribution in [0.3, 0.4) is 0 Å². The zero-order chi connectivity index (χ0) is 18.9. The number of fused-ring (bicyclic) bond motifs is 2. The quantitative estimate of drug-likeness (QED) is 0.495. The highest BCUT2D eigenvalue weighted by Gasteiger charge is 2.24. The monoisotopic (exact) mass is 371 g/mol. The van der Waals surface area contributed by atoms with Crippen LogP contribution in [0.4, 0.5) is 0 Å². The zero-order valence-corrected chi connectivity index (χ0v) is 15.0. The molecule has 28 heavy (non-hydrogen) atoms. The maximum Gasteiger partial charge on any atom is 0.336 e. The minimum Gasteiger partial charge on any atom is -0.489 e. The summed E-state index contributed by atoms with van der Waals surface area (Å²) < 4.78 is 11.0. The van der Waals surface area contributed by atoms with Crippen molar-refractivity contribution in [2.75, 3.05) is 6.61 Å². The fourth-order valence-electron chi connectivity index (χ4n) is 3.47. The third kappa shape index (κ3) is 3.11. The number of hydrogen-bond acceptors (Lipinski definition) is 5. The van der Waals surface area contributed by atoms with Crippen molar-refractivity contribution < 1.29 is 14.0 Å². The lowest BCUT2D eigenvalue weighted by atomic mass is 9.98. The van der Waals surface area contributed by atoms with Gasteiger partial charge in [0, 0.05) is 29.5 Å². The predicted octanol–water partition coefficient (Wildman–Crippen LogP) is 4.52. The molecule has 0 radical (unpaired) electrons. The standard InChI is InChI=1S/C23H17NO4/c25-23-11-9-16-8-10-17(13-22(16)27-23)26-14-18-12-21(24-28-18)20-7-3-5-15-4-1-2-6-19(15)20/h1-11,13,18H,12,14H2. The zero-order valence-electron chi connectivity index (χ0n) is 15.0. The topological polar surface area (TPSA) is 61.0 Å². The number of benzene rings is 3. The van der Waals surface area contributed by atoms with Crippen LogP contribution in [0.15, 0.2) is 87.2 Å². The van der Waals surface area contributed by atoms with E-state index in [0.29, 0.717) is 24.4 Å². The van der Waals surface area contributed by atoms with E-state index in [1.807, 2.05) is 30.3 Å². The van der Waals surface area contributed by atoms with E-state index >= 15 is 0 Å². The highest BCUT2D eigenvalue weighted by atomic mass is 16.7. The third-order valence-electron chi connectivity index (χ3n) is 4.86. The van der Waals surface area contributed by atoms with Crippen LogP contribution < -0.4 is 10.4 Å². The van der Waals surface area contributed by atoms with Gasteiger partial charge in [-0.05, 0) is 29.0 Å². The Morgan fingerprint density at radius 1 is 0.964 bits per heavy atom. The van der Waals surface area contributed by atoms with E-state index in [0.717, 1.165) is 16.7 Å². The Balaban J connectivity index is 1.29. The van der Waals surface area contributed by atoms with Crippen LogP contribution in [-0.4, -0.2) is 18.4 Å². The van der Waals surface area contributed by atoms with Gasteiger partial charge in [0.15, 0.2) is 6.10 Å². The van der Waals surface area contributed by atoms with E-state index in [1.54, 1.807) is 12.1 Å². The molecule has 0 fully saturated rings. The average Bonchev–Trinajstić information content (AvgIpc) is 3.20. The summed E-state index contributed by atoms with van der Waals surface area (Å²) in [6.07, 6.45) is 0.517. The van der Waals surface area contributed by atoms with Gasteiger partial charge in [-0.15, -0.1) is 0 Å². The van der Waals surface area contributed by atoms with Gasteiger partial charge in [0.25, 0.3) is 0 Å². The Bertz CT molecular complexity index is 1250. The molecule has 0 N–H and O–H groups in total. The second-order valence-electron chi connectivity index (χ2n) is 6.76. The lowest BCUT2D eigenvalue weighted by Crippen LogP contribution is -2.18. The minimum absolute atomic E-state index is 0.160. The highest BCUT2D eigenvalue weighted by Crippen LogP contribution is 2.25. The van der Waals surface area contributed by atoms with Crippen LogP contribution in [0.1, 0.15) is 12.0 Å². The summed E-state index contributed by atoms with van der Waals surface area (Å²) in [5.74, 6) is 0.629. The van der Waals surface area contributed by atoms with Gasteiger partial charge in [-0.3, -0.25) is 0 Å². The molecule has 1 aliphatic heterocycles. The van der Waals surface area contributed by atoms with Gasteiger partial charge in [0.2, 0.25) is 0 Å². The van der Waals surface area contributed by atoms with Gasteiger partial charge < -0.3 is 14.0 Å². The Hall–Kier alpha value is -3.60. The fraction of sp³-hybridized carbons (Fsp3) is 0.130. The first-order chi connectivity index (χ1) is 13.8. The molecule has 0 bridgehead atoms. The van der Waals surface area contributed by atoms with E-state index in [1.165, 1.54) is 16.8 Å². The molecule has 0 saturated heterocycles. The van der Waals surface area contributed by atoms with Gasteiger partial charge in [0.05, 0.1) is 5.71 Å². The smallest absolute Gasteiger partial charge is 0.336 e. The van der Waals surface area contributed by atoms with Crippen LogP contribution in [-0.2, 0) is 4.84 Å². The molecule has 3 aromatic carbocycles. The first-order valence-electron chi connectivity index (χ1n) is 9.14. The van der Waals surface area contributed by atoms with Crippen molar-refractivity contribution in [3.63, 3.8) is 0 Å². The van der Waals surface area contributed by atoms with Crippen molar-refractivity contribution >= 4 is 27.5 Å². The van der Waals surface area contributed by atoms with Crippen molar-refractivity contribution in [2.45, 2.75) is 12.5 Å². The third-order valence-corrected chi connectivity index (χ3v) is 4.86. The van der Waals surface area contributed by atoms with Crippen LogP contribution >= 0.6 is 0 Å².